The summed E-state index contributed by atoms with van der Waals surface area (Å²) in [5, 5.41) is 3.01. The van der Waals surface area contributed by atoms with E-state index in [0.29, 0.717) is 13.1 Å². The van der Waals surface area contributed by atoms with Crippen molar-refractivity contribution in [3.05, 3.63) is 29.8 Å². The Kier molecular flexibility index (Phi) is 8.69. The molecule has 1 amide bonds. The minimum Gasteiger partial charge on any atom is -0.341 e. The van der Waals surface area contributed by atoms with Gasteiger partial charge in [0.05, 0.1) is 0 Å². The Morgan fingerprint density at radius 2 is 1.90 bits per heavy atom. The quantitative estimate of drug-likeness (QED) is 0.868. The highest BCUT2D eigenvalue weighted by Gasteiger charge is 2.16. The number of halogens is 1. The molecule has 0 aliphatic rings. The molecule has 0 saturated carbocycles. The molecule has 4 nitrogen and oxygen atoms in total. The summed E-state index contributed by atoms with van der Waals surface area (Å²) in [6.07, 6.45) is 1.66. The first-order valence-corrected chi connectivity index (χ1v) is 7.83. The van der Waals surface area contributed by atoms with Crippen molar-refractivity contribution in [1.82, 2.24) is 10.2 Å². The van der Waals surface area contributed by atoms with E-state index in [1.165, 1.54) is 0 Å². The average Bonchev–Trinajstić information content (AvgIpc) is 2.38. The number of nitrogens with zero attached hydrogens (tertiary/aromatic N) is 1. The largest absolute Gasteiger partial charge is 0.341 e. The van der Waals surface area contributed by atoms with Gasteiger partial charge in [-0.1, -0.05) is 19.1 Å². The minimum atomic E-state index is -0.958. The van der Waals surface area contributed by atoms with Crippen LogP contribution in [0.25, 0.3) is 0 Å². The van der Waals surface area contributed by atoms with E-state index in [4.69, 9.17) is 0 Å². The van der Waals surface area contributed by atoms with E-state index < -0.39 is 10.8 Å². The Morgan fingerprint density at radius 1 is 1.35 bits per heavy atom. The fourth-order valence-corrected chi connectivity index (χ4v) is 2.43. The molecule has 6 heteroatoms. The molecule has 0 radical (unpaired) electrons. The van der Waals surface area contributed by atoms with Gasteiger partial charge in [-0.25, -0.2) is 0 Å². The zero-order valence-corrected chi connectivity index (χ0v) is 14.0. The van der Waals surface area contributed by atoms with Crippen LogP contribution in [-0.2, 0) is 22.1 Å². The number of amides is 1. The molecule has 0 bridgehead atoms. The summed E-state index contributed by atoms with van der Waals surface area (Å²) in [5.41, 5.74) is 1.04. The molecule has 2 unspecified atom stereocenters. The second-order valence-electron chi connectivity index (χ2n) is 4.75. The Morgan fingerprint density at radius 3 is 2.35 bits per heavy atom. The molecule has 0 saturated heterocycles. The van der Waals surface area contributed by atoms with Crippen molar-refractivity contribution in [3.63, 3.8) is 0 Å². The third kappa shape index (κ3) is 5.61. The summed E-state index contributed by atoms with van der Waals surface area (Å²) >= 11 is 0. The molecule has 114 valence electrons. The molecule has 1 aromatic rings. The molecule has 1 rings (SSSR count). The van der Waals surface area contributed by atoms with Gasteiger partial charge in [0.25, 0.3) is 0 Å². The van der Waals surface area contributed by atoms with Gasteiger partial charge in [-0.15, -0.1) is 12.4 Å². The topological polar surface area (TPSA) is 49.4 Å². The van der Waals surface area contributed by atoms with E-state index >= 15 is 0 Å². The lowest BCUT2D eigenvalue weighted by Gasteiger charge is -2.21. The molecule has 20 heavy (non-hydrogen) atoms. The maximum atomic E-state index is 12.0. The van der Waals surface area contributed by atoms with Crippen molar-refractivity contribution < 1.29 is 9.00 Å². The van der Waals surface area contributed by atoms with Gasteiger partial charge in [-0.3, -0.25) is 9.00 Å². The first-order chi connectivity index (χ1) is 8.95. The van der Waals surface area contributed by atoms with Crippen molar-refractivity contribution in [2.75, 3.05) is 26.9 Å². The highest BCUT2D eigenvalue weighted by Crippen LogP contribution is 2.10. The molecule has 0 aromatic heterocycles. The third-order valence-electron chi connectivity index (χ3n) is 2.98. The number of benzene rings is 1. The summed E-state index contributed by atoms with van der Waals surface area (Å²) < 4.78 is 11.3. The van der Waals surface area contributed by atoms with Gasteiger partial charge in [-0.05, 0) is 24.7 Å². The average molecular weight is 319 g/mol. The van der Waals surface area contributed by atoms with Crippen LogP contribution in [0.2, 0.25) is 0 Å². The second kappa shape index (κ2) is 9.10. The monoisotopic (exact) mass is 318 g/mol. The van der Waals surface area contributed by atoms with Gasteiger partial charge in [-0.2, -0.15) is 0 Å². The van der Waals surface area contributed by atoms with Gasteiger partial charge in [0.2, 0.25) is 5.91 Å². The molecule has 1 aromatic carbocycles. The Hall–Kier alpha value is -0.910. The van der Waals surface area contributed by atoms with E-state index in [0.717, 1.165) is 10.5 Å². The van der Waals surface area contributed by atoms with Crippen LogP contribution in [-0.4, -0.2) is 41.9 Å². The van der Waals surface area contributed by atoms with Crippen LogP contribution >= 0.6 is 12.4 Å². The van der Waals surface area contributed by atoms with Crippen LogP contribution in [0.15, 0.2) is 29.2 Å². The van der Waals surface area contributed by atoms with Crippen LogP contribution in [0, 0.1) is 5.92 Å². The summed E-state index contributed by atoms with van der Waals surface area (Å²) in [5.74, 6) is 0.0925. The minimum absolute atomic E-state index is 0. The van der Waals surface area contributed by atoms with E-state index in [-0.39, 0.29) is 24.2 Å². The predicted molar refractivity (Wildman–Crippen MR) is 85.6 cm³/mol. The van der Waals surface area contributed by atoms with Crippen molar-refractivity contribution in [1.29, 1.82) is 0 Å². The molecular weight excluding hydrogens is 296 g/mol. The molecule has 0 heterocycles. The van der Waals surface area contributed by atoms with Crippen molar-refractivity contribution >= 4 is 29.1 Å². The zero-order valence-electron chi connectivity index (χ0n) is 12.4. The predicted octanol–water partition coefficient (Wildman–Crippen LogP) is 1.66. The molecular formula is C14H23ClN2O2S. The van der Waals surface area contributed by atoms with Crippen LogP contribution in [0.3, 0.4) is 0 Å². The molecule has 0 aliphatic carbocycles. The normalized spacial score (nSPS) is 13.2. The van der Waals surface area contributed by atoms with Crippen LogP contribution < -0.4 is 5.32 Å². The van der Waals surface area contributed by atoms with Crippen LogP contribution in [0.1, 0.15) is 12.5 Å². The highest BCUT2D eigenvalue weighted by molar-refractivity contribution is 7.84. The Balaban J connectivity index is 0.00000361. The second-order valence-corrected chi connectivity index (χ2v) is 6.13. The van der Waals surface area contributed by atoms with E-state index in [1.807, 2.05) is 38.2 Å². The third-order valence-corrected chi connectivity index (χ3v) is 3.92. The summed E-state index contributed by atoms with van der Waals surface area (Å²) in [4.78, 5) is 14.6. The lowest BCUT2D eigenvalue weighted by atomic mass is 10.1. The highest BCUT2D eigenvalue weighted by atomic mass is 35.5. The fraction of sp³-hybridized carbons (Fsp3) is 0.500. The van der Waals surface area contributed by atoms with Crippen LogP contribution in [0.5, 0.6) is 0 Å². The number of rotatable bonds is 6. The zero-order chi connectivity index (χ0) is 14.4. The van der Waals surface area contributed by atoms with Gasteiger partial charge in [0.15, 0.2) is 0 Å². The first-order valence-electron chi connectivity index (χ1n) is 6.27. The van der Waals surface area contributed by atoms with Crippen LogP contribution in [0.4, 0.5) is 0 Å². The Bertz CT molecular complexity index is 451. The van der Waals surface area contributed by atoms with Crippen molar-refractivity contribution in [2.24, 2.45) is 5.92 Å². The SMILES string of the molecule is CNCC(C)C(=O)N(C)Cc1ccc(S(C)=O)cc1.Cl. The first kappa shape index (κ1) is 19.1. The summed E-state index contributed by atoms with van der Waals surface area (Å²) in [6.45, 7) is 3.17. The summed E-state index contributed by atoms with van der Waals surface area (Å²) in [6, 6.07) is 7.54. The number of hydrogen-bond acceptors (Lipinski definition) is 3. The summed E-state index contributed by atoms with van der Waals surface area (Å²) in [7, 11) is 2.69. The van der Waals surface area contributed by atoms with Crippen molar-refractivity contribution in [2.45, 2.75) is 18.4 Å². The number of nitrogens with one attached hydrogen (secondary N) is 1. The standard InChI is InChI=1S/C14H22N2O2S.ClH/c1-11(9-15-2)14(17)16(3)10-12-5-7-13(8-6-12)19(4)18;/h5-8,11,15H,9-10H2,1-4H3;1H. The molecule has 0 aliphatic heterocycles. The fourth-order valence-electron chi connectivity index (χ4n) is 1.91. The molecule has 2 atom stereocenters. The number of carbonyl (C=O) groups excluding carboxylic acids is 1. The van der Waals surface area contributed by atoms with Gasteiger partial charge in [0, 0.05) is 48.0 Å². The van der Waals surface area contributed by atoms with E-state index in [9.17, 15) is 9.00 Å². The molecule has 0 fully saturated rings. The molecule has 1 N–H and O–H groups in total. The Labute approximate surface area is 129 Å². The lowest BCUT2D eigenvalue weighted by Crippen LogP contribution is -2.35. The number of hydrogen-bond donors (Lipinski definition) is 1. The smallest absolute Gasteiger partial charge is 0.226 e. The van der Waals surface area contributed by atoms with Gasteiger partial charge in [0.1, 0.15) is 0 Å². The van der Waals surface area contributed by atoms with E-state index in [1.54, 1.807) is 18.2 Å². The van der Waals surface area contributed by atoms with E-state index in [2.05, 4.69) is 5.32 Å². The maximum Gasteiger partial charge on any atom is 0.226 e. The van der Waals surface area contributed by atoms with Gasteiger partial charge >= 0.3 is 0 Å². The number of carbonyl (C=O) groups is 1. The molecule has 0 spiro atoms. The van der Waals surface area contributed by atoms with Gasteiger partial charge < -0.3 is 10.2 Å². The lowest BCUT2D eigenvalue weighted by molar-refractivity contribution is -0.134. The van der Waals surface area contributed by atoms with Crippen molar-refractivity contribution in [3.8, 4) is 0 Å². The maximum absolute atomic E-state index is 12.0.